The van der Waals surface area contributed by atoms with Gasteiger partial charge in [-0.2, -0.15) is 0 Å². The first-order valence-electron chi connectivity index (χ1n) is 21.1. The minimum absolute atomic E-state index is 0.0475. The van der Waals surface area contributed by atoms with E-state index in [2.05, 4.69) is 62.5 Å². The molecule has 53 heavy (non-hydrogen) atoms. The Morgan fingerprint density at radius 2 is 0.981 bits per heavy atom. The molecule has 0 saturated heterocycles. The number of unbranched alkanes of at least 4 members (excludes halogenated alkanes) is 18. The molecule has 0 amide bonds. The lowest BCUT2D eigenvalue weighted by molar-refractivity contribution is -0.161. The number of hydrogen-bond donors (Lipinski definition) is 2. The molecule has 0 aliphatic carbocycles. The second kappa shape index (κ2) is 39.7. The zero-order valence-electron chi connectivity index (χ0n) is 33.7. The van der Waals surface area contributed by atoms with Crippen molar-refractivity contribution in [3.05, 3.63) is 48.6 Å². The highest BCUT2D eigenvalue weighted by atomic mass is 31.2. The number of phosphoric ester groups is 1. The molecule has 0 heterocycles. The van der Waals surface area contributed by atoms with Gasteiger partial charge in [-0.15, -0.1) is 0 Å². The highest BCUT2D eigenvalue weighted by Crippen LogP contribution is 2.43. The predicted octanol–water partition coefficient (Wildman–Crippen LogP) is 11.9. The van der Waals surface area contributed by atoms with Crippen LogP contribution in [0.3, 0.4) is 0 Å². The fourth-order valence-electron chi connectivity index (χ4n) is 5.52. The number of rotatable bonds is 39. The number of carbonyl (C=O) groups excluding carboxylic acids is 2. The molecule has 3 N–H and O–H groups in total. The van der Waals surface area contributed by atoms with Crippen molar-refractivity contribution in [3.63, 3.8) is 0 Å². The minimum Gasteiger partial charge on any atom is -0.462 e. The average molecular weight is 768 g/mol. The van der Waals surface area contributed by atoms with Crippen molar-refractivity contribution >= 4 is 19.8 Å². The highest BCUT2D eigenvalue weighted by molar-refractivity contribution is 7.47. The van der Waals surface area contributed by atoms with Crippen molar-refractivity contribution in [2.45, 2.75) is 187 Å². The molecular formula is C43H78NO8P. The normalized spacial score (nSPS) is 13.8. The molecule has 0 saturated carbocycles. The van der Waals surface area contributed by atoms with Crippen molar-refractivity contribution in [2.75, 3.05) is 26.4 Å². The summed E-state index contributed by atoms with van der Waals surface area (Å²) in [5, 5.41) is 0. The first-order valence-corrected chi connectivity index (χ1v) is 22.6. The van der Waals surface area contributed by atoms with E-state index in [1.807, 2.05) is 0 Å². The van der Waals surface area contributed by atoms with Crippen LogP contribution in [0.5, 0.6) is 0 Å². The number of hydrogen-bond acceptors (Lipinski definition) is 8. The molecule has 0 aromatic carbocycles. The van der Waals surface area contributed by atoms with E-state index in [9.17, 15) is 19.0 Å². The van der Waals surface area contributed by atoms with Crippen LogP contribution >= 0.6 is 7.82 Å². The summed E-state index contributed by atoms with van der Waals surface area (Å²) < 4.78 is 32.7. The van der Waals surface area contributed by atoms with Gasteiger partial charge in [0.2, 0.25) is 0 Å². The highest BCUT2D eigenvalue weighted by Gasteiger charge is 2.26. The van der Waals surface area contributed by atoms with Gasteiger partial charge in [-0.1, -0.05) is 140 Å². The van der Waals surface area contributed by atoms with E-state index in [0.717, 1.165) is 70.6 Å². The van der Waals surface area contributed by atoms with Crippen LogP contribution in [0.2, 0.25) is 0 Å². The van der Waals surface area contributed by atoms with E-state index in [1.165, 1.54) is 77.0 Å². The summed E-state index contributed by atoms with van der Waals surface area (Å²) in [5.41, 5.74) is 5.34. The summed E-state index contributed by atoms with van der Waals surface area (Å²) in [6.07, 6.45) is 44.2. The number of nitrogens with two attached hydrogens (primary N) is 1. The Kier molecular flexibility index (Phi) is 38.1. The van der Waals surface area contributed by atoms with Gasteiger partial charge in [-0.05, 0) is 77.0 Å². The summed E-state index contributed by atoms with van der Waals surface area (Å²) in [7, 11) is -4.38. The van der Waals surface area contributed by atoms with Crippen LogP contribution < -0.4 is 5.73 Å². The molecule has 0 rings (SSSR count). The third kappa shape index (κ3) is 39.5. The summed E-state index contributed by atoms with van der Waals surface area (Å²) in [5.74, 6) is -0.860. The molecule has 0 bridgehead atoms. The largest absolute Gasteiger partial charge is 0.472 e. The van der Waals surface area contributed by atoms with Crippen LogP contribution in [0.4, 0.5) is 0 Å². The number of phosphoric acid groups is 1. The molecule has 0 fully saturated rings. The maximum Gasteiger partial charge on any atom is 0.472 e. The Balaban J connectivity index is 4.23. The number of esters is 2. The second-order valence-corrected chi connectivity index (χ2v) is 15.3. The van der Waals surface area contributed by atoms with Crippen molar-refractivity contribution < 1.29 is 37.6 Å². The van der Waals surface area contributed by atoms with Gasteiger partial charge in [0, 0.05) is 19.4 Å². The molecule has 0 aliphatic heterocycles. The van der Waals surface area contributed by atoms with Gasteiger partial charge in [0.05, 0.1) is 13.2 Å². The topological polar surface area (TPSA) is 134 Å². The van der Waals surface area contributed by atoms with Crippen molar-refractivity contribution in [3.8, 4) is 0 Å². The molecule has 308 valence electrons. The third-order valence-corrected chi connectivity index (χ3v) is 9.67. The van der Waals surface area contributed by atoms with E-state index in [-0.39, 0.29) is 32.6 Å². The van der Waals surface area contributed by atoms with Crippen LogP contribution in [-0.2, 0) is 32.7 Å². The maximum absolute atomic E-state index is 12.6. The molecule has 2 atom stereocenters. The number of carbonyl (C=O) groups is 2. The van der Waals surface area contributed by atoms with Crippen LogP contribution in [0.1, 0.15) is 181 Å². The Hall–Kier alpha value is -2.03. The molecule has 9 nitrogen and oxygen atoms in total. The molecule has 0 aliphatic rings. The Morgan fingerprint density at radius 1 is 0.566 bits per heavy atom. The average Bonchev–Trinajstić information content (AvgIpc) is 3.14. The molecular weight excluding hydrogens is 689 g/mol. The van der Waals surface area contributed by atoms with Gasteiger partial charge in [0.15, 0.2) is 6.10 Å². The zero-order chi connectivity index (χ0) is 38.9. The fourth-order valence-corrected chi connectivity index (χ4v) is 6.28. The maximum atomic E-state index is 12.6. The summed E-state index contributed by atoms with van der Waals surface area (Å²) in [6, 6.07) is 0. The van der Waals surface area contributed by atoms with Crippen LogP contribution in [0, 0.1) is 0 Å². The van der Waals surface area contributed by atoms with Gasteiger partial charge < -0.3 is 20.1 Å². The summed E-state index contributed by atoms with van der Waals surface area (Å²) >= 11 is 0. The molecule has 2 unspecified atom stereocenters. The smallest absolute Gasteiger partial charge is 0.462 e. The Labute approximate surface area is 324 Å². The molecule has 0 aromatic heterocycles. The van der Waals surface area contributed by atoms with E-state index in [4.69, 9.17) is 24.3 Å². The molecule has 10 heteroatoms. The molecule has 0 spiro atoms. The lowest BCUT2D eigenvalue weighted by Gasteiger charge is -2.19. The first-order chi connectivity index (χ1) is 25.8. The van der Waals surface area contributed by atoms with Gasteiger partial charge in [-0.25, -0.2) is 4.57 Å². The van der Waals surface area contributed by atoms with Gasteiger partial charge >= 0.3 is 19.8 Å². The summed E-state index contributed by atoms with van der Waals surface area (Å²) in [6.45, 7) is 3.65. The van der Waals surface area contributed by atoms with Crippen LogP contribution in [0.15, 0.2) is 48.6 Å². The Bertz CT molecular complexity index is 1010. The van der Waals surface area contributed by atoms with Crippen molar-refractivity contribution in [2.24, 2.45) is 5.73 Å². The van der Waals surface area contributed by atoms with Gasteiger partial charge in [0.1, 0.15) is 6.61 Å². The number of allylic oxidation sites excluding steroid dienone is 8. The number of ether oxygens (including phenoxy) is 2. The SMILES string of the molecule is CCCCCC=CCC=CCC=CCCCCCCC(=O)OC(COC(=O)CCCCCCCCCC=CCCCCCC)COP(=O)(O)OCCN. The first kappa shape index (κ1) is 51.0. The Morgan fingerprint density at radius 3 is 1.51 bits per heavy atom. The molecule has 0 radical (unpaired) electrons. The summed E-state index contributed by atoms with van der Waals surface area (Å²) in [4.78, 5) is 34.8. The van der Waals surface area contributed by atoms with Crippen molar-refractivity contribution in [1.82, 2.24) is 0 Å². The fraction of sp³-hybridized carbons (Fsp3) is 0.767. The van der Waals surface area contributed by atoms with Crippen molar-refractivity contribution in [1.29, 1.82) is 0 Å². The van der Waals surface area contributed by atoms with Crippen LogP contribution in [0.25, 0.3) is 0 Å². The lowest BCUT2D eigenvalue weighted by Crippen LogP contribution is -2.29. The third-order valence-electron chi connectivity index (χ3n) is 8.69. The standard InChI is InChI=1S/C43H78NO8P/c1-3-5-7-9-11-13-15-17-19-20-22-24-26-28-30-32-34-36-43(46)52-41(40-51-53(47,48)50-38-37-44)39-49-42(45)35-33-31-29-27-25-23-21-18-16-14-12-10-8-6-4-2/h11,13-14,16-17,19,22,24,41H,3-10,12,15,18,20-21,23,25-40,44H2,1-2H3,(H,47,48). The van der Waals surface area contributed by atoms with Gasteiger partial charge in [-0.3, -0.25) is 18.6 Å². The van der Waals surface area contributed by atoms with E-state index in [0.29, 0.717) is 6.42 Å². The van der Waals surface area contributed by atoms with Crippen LogP contribution in [-0.4, -0.2) is 49.3 Å². The van der Waals surface area contributed by atoms with E-state index in [1.54, 1.807) is 0 Å². The predicted molar refractivity (Wildman–Crippen MR) is 220 cm³/mol. The second-order valence-electron chi connectivity index (χ2n) is 13.8. The monoisotopic (exact) mass is 768 g/mol. The quantitative estimate of drug-likeness (QED) is 0.0271. The van der Waals surface area contributed by atoms with E-state index >= 15 is 0 Å². The van der Waals surface area contributed by atoms with E-state index < -0.39 is 32.5 Å². The molecule has 0 aromatic rings. The zero-order valence-corrected chi connectivity index (χ0v) is 34.6. The van der Waals surface area contributed by atoms with Gasteiger partial charge in [0.25, 0.3) is 0 Å². The minimum atomic E-state index is -4.38. The lowest BCUT2D eigenvalue weighted by atomic mass is 10.1.